The largest absolute Gasteiger partial charge is 0.357 e. The molecule has 0 fully saturated rings. The number of nitrogens with two attached hydrogens (primary N) is 1. The first kappa shape index (κ1) is 19.8. The molecule has 4 N–H and O–H groups in total. The van der Waals surface area contributed by atoms with Gasteiger partial charge in [-0.3, -0.25) is 14.3 Å². The summed E-state index contributed by atoms with van der Waals surface area (Å²) < 4.78 is 1.72. The molecule has 2 aromatic heterocycles. The van der Waals surface area contributed by atoms with Gasteiger partial charge in [-0.05, 0) is 11.6 Å². The second-order valence-electron chi connectivity index (χ2n) is 7.00. The van der Waals surface area contributed by atoms with Crippen molar-refractivity contribution in [3.63, 3.8) is 0 Å². The normalized spacial score (nSPS) is 13.6. The zero-order valence-electron chi connectivity index (χ0n) is 15.8. The Labute approximate surface area is 176 Å². The first-order valence-electron chi connectivity index (χ1n) is 9.14. The molecule has 0 spiro atoms. The fourth-order valence-electron chi connectivity index (χ4n) is 3.70. The molecule has 8 nitrogen and oxygen atoms in total. The third-order valence-electron chi connectivity index (χ3n) is 5.13. The molecule has 0 saturated heterocycles. The minimum atomic E-state index is -0.358. The molecule has 0 atom stereocenters. The zero-order valence-corrected chi connectivity index (χ0v) is 17.3. The number of fused-ring (bicyclic) bond motifs is 3. The van der Waals surface area contributed by atoms with Crippen LogP contribution in [-0.2, 0) is 29.6 Å². The summed E-state index contributed by atoms with van der Waals surface area (Å²) in [6.07, 6.45) is 4.33. The van der Waals surface area contributed by atoms with Crippen LogP contribution in [0.2, 0.25) is 10.0 Å². The lowest BCUT2D eigenvalue weighted by Crippen LogP contribution is -2.43. The van der Waals surface area contributed by atoms with E-state index in [2.05, 4.69) is 15.4 Å². The first-order chi connectivity index (χ1) is 13.9. The van der Waals surface area contributed by atoms with Gasteiger partial charge in [0, 0.05) is 55.0 Å². The van der Waals surface area contributed by atoms with Gasteiger partial charge in [0.2, 0.25) is 11.8 Å². The molecule has 3 aromatic rings. The minimum Gasteiger partial charge on any atom is -0.357 e. The Morgan fingerprint density at radius 1 is 1.38 bits per heavy atom. The molecule has 4 rings (SSSR count). The molecule has 0 saturated carbocycles. The summed E-state index contributed by atoms with van der Waals surface area (Å²) in [6, 6.07) is 1.83. The number of benzene rings is 1. The Balaban J connectivity index is 1.74. The van der Waals surface area contributed by atoms with Crippen molar-refractivity contribution in [2.45, 2.75) is 13.0 Å². The number of amides is 2. The highest BCUT2D eigenvalue weighted by atomic mass is 35.5. The van der Waals surface area contributed by atoms with Gasteiger partial charge in [-0.2, -0.15) is 5.10 Å². The molecule has 152 valence electrons. The Morgan fingerprint density at radius 3 is 2.86 bits per heavy atom. The number of aromatic nitrogens is 3. The monoisotopic (exact) mass is 434 g/mol. The van der Waals surface area contributed by atoms with Crippen LogP contribution in [-0.4, -0.2) is 51.1 Å². The van der Waals surface area contributed by atoms with Crippen molar-refractivity contribution < 1.29 is 9.59 Å². The van der Waals surface area contributed by atoms with Crippen LogP contribution in [0.3, 0.4) is 0 Å². The van der Waals surface area contributed by atoms with Crippen LogP contribution in [0.15, 0.2) is 18.5 Å². The molecule has 29 heavy (non-hydrogen) atoms. The average molecular weight is 435 g/mol. The van der Waals surface area contributed by atoms with Crippen molar-refractivity contribution >= 4 is 45.9 Å². The molecule has 0 aliphatic carbocycles. The van der Waals surface area contributed by atoms with Crippen LogP contribution in [0.25, 0.3) is 22.0 Å². The van der Waals surface area contributed by atoms with E-state index in [4.69, 9.17) is 28.9 Å². The van der Waals surface area contributed by atoms with Crippen molar-refractivity contribution in [3.05, 3.63) is 39.8 Å². The number of hydrogen-bond acceptors (Lipinski definition) is 4. The molecule has 0 bridgehead atoms. The van der Waals surface area contributed by atoms with E-state index >= 15 is 0 Å². The maximum atomic E-state index is 12.6. The average Bonchev–Trinajstić information content (AvgIpc) is 3.32. The maximum absolute atomic E-state index is 12.6. The highest BCUT2D eigenvalue weighted by Crippen LogP contribution is 2.42. The van der Waals surface area contributed by atoms with Crippen LogP contribution in [0.1, 0.15) is 11.3 Å². The summed E-state index contributed by atoms with van der Waals surface area (Å²) in [5, 5.41) is 8.63. The number of aryl methyl sites for hydroxylation is 1. The maximum Gasteiger partial charge on any atom is 0.242 e. The quantitative estimate of drug-likeness (QED) is 0.581. The first-order valence-corrected chi connectivity index (χ1v) is 9.89. The van der Waals surface area contributed by atoms with E-state index < -0.39 is 0 Å². The molecule has 3 heterocycles. The highest BCUT2D eigenvalue weighted by Gasteiger charge is 2.27. The number of carbonyl (C=O) groups is 2. The predicted molar refractivity (Wildman–Crippen MR) is 112 cm³/mol. The van der Waals surface area contributed by atoms with Crippen LogP contribution in [0.4, 0.5) is 0 Å². The van der Waals surface area contributed by atoms with E-state index in [0.29, 0.717) is 29.6 Å². The number of halogens is 2. The number of aromatic amines is 1. The van der Waals surface area contributed by atoms with E-state index in [9.17, 15) is 9.59 Å². The molecular formula is C19H20Cl2N6O2. The third-order valence-corrected chi connectivity index (χ3v) is 5.92. The van der Waals surface area contributed by atoms with E-state index in [1.807, 2.05) is 19.3 Å². The van der Waals surface area contributed by atoms with Crippen molar-refractivity contribution in [3.8, 4) is 11.1 Å². The van der Waals surface area contributed by atoms with Crippen LogP contribution < -0.4 is 11.1 Å². The topological polar surface area (TPSA) is 109 Å². The van der Waals surface area contributed by atoms with E-state index in [1.165, 1.54) is 0 Å². The lowest BCUT2D eigenvalue weighted by Gasteiger charge is -2.27. The van der Waals surface area contributed by atoms with Crippen LogP contribution in [0, 0.1) is 0 Å². The van der Waals surface area contributed by atoms with Crippen LogP contribution in [0.5, 0.6) is 0 Å². The molecule has 2 amide bonds. The van der Waals surface area contributed by atoms with Crippen molar-refractivity contribution in [2.75, 3.05) is 19.6 Å². The van der Waals surface area contributed by atoms with Gasteiger partial charge in [0.15, 0.2) is 0 Å². The van der Waals surface area contributed by atoms with Crippen molar-refractivity contribution in [1.82, 2.24) is 25.0 Å². The lowest BCUT2D eigenvalue weighted by atomic mass is 9.97. The van der Waals surface area contributed by atoms with Gasteiger partial charge in [0.1, 0.15) is 0 Å². The smallest absolute Gasteiger partial charge is 0.242 e. The fraction of sp³-hybridized carbons (Fsp3) is 0.316. The van der Waals surface area contributed by atoms with E-state index in [1.54, 1.807) is 15.8 Å². The number of hydrogen-bond donors (Lipinski definition) is 3. The van der Waals surface area contributed by atoms with Gasteiger partial charge in [-0.1, -0.05) is 23.2 Å². The third kappa shape index (κ3) is 3.59. The zero-order chi connectivity index (χ0) is 20.7. The Morgan fingerprint density at radius 2 is 2.17 bits per heavy atom. The van der Waals surface area contributed by atoms with Gasteiger partial charge in [-0.25, -0.2) is 0 Å². The Hall–Kier alpha value is -2.55. The molecule has 10 heteroatoms. The second kappa shape index (κ2) is 7.70. The standard InChI is InChI=1S/C19H20Cl2N6O2/c1-26-8-10(6-24-26)11-4-13(20)18(21)19-17(11)12-9-27(3-2-14(12)25-19)16(29)7-23-15(28)5-22/h4,6,8,25H,2-3,5,7,9,22H2,1H3,(H,23,28). The van der Waals surface area contributed by atoms with Gasteiger partial charge in [0.25, 0.3) is 0 Å². The van der Waals surface area contributed by atoms with Gasteiger partial charge in [0.05, 0.1) is 34.8 Å². The van der Waals surface area contributed by atoms with Crippen molar-refractivity contribution in [1.29, 1.82) is 0 Å². The summed E-state index contributed by atoms with van der Waals surface area (Å²) in [7, 11) is 1.85. The van der Waals surface area contributed by atoms with E-state index in [-0.39, 0.29) is 24.9 Å². The lowest BCUT2D eigenvalue weighted by molar-refractivity contribution is -0.133. The summed E-state index contributed by atoms with van der Waals surface area (Å²) in [6.45, 7) is 0.742. The highest BCUT2D eigenvalue weighted by molar-refractivity contribution is 6.45. The summed E-state index contributed by atoms with van der Waals surface area (Å²) >= 11 is 12.9. The number of H-pyrrole nitrogens is 1. The molecule has 1 aromatic carbocycles. The number of rotatable bonds is 4. The predicted octanol–water partition coefficient (Wildman–Crippen LogP) is 1.83. The summed E-state index contributed by atoms with van der Waals surface area (Å²) in [5.74, 6) is -0.516. The van der Waals surface area contributed by atoms with Crippen LogP contribution >= 0.6 is 23.2 Å². The Bertz CT molecular complexity index is 1120. The van der Waals surface area contributed by atoms with Gasteiger partial charge >= 0.3 is 0 Å². The fourth-order valence-corrected chi connectivity index (χ4v) is 4.10. The number of nitrogens with one attached hydrogen (secondary N) is 2. The minimum absolute atomic E-state index is 0.0736. The molecule has 1 aliphatic heterocycles. The van der Waals surface area contributed by atoms with Gasteiger partial charge < -0.3 is 20.9 Å². The summed E-state index contributed by atoms with van der Waals surface area (Å²) in [4.78, 5) is 29.0. The SMILES string of the molecule is Cn1cc(-c2cc(Cl)c(Cl)c3[nH]c4c(c23)CN(C(=O)CNC(=O)CN)CC4)cn1. The molecule has 1 aliphatic rings. The molecular weight excluding hydrogens is 415 g/mol. The van der Waals surface area contributed by atoms with E-state index in [0.717, 1.165) is 33.3 Å². The number of carbonyl (C=O) groups excluding carboxylic acids is 2. The Kier molecular flexibility index (Phi) is 5.24. The second-order valence-corrected chi connectivity index (χ2v) is 7.79. The molecule has 0 unspecified atom stereocenters. The van der Waals surface area contributed by atoms with Gasteiger partial charge in [-0.15, -0.1) is 0 Å². The molecule has 0 radical (unpaired) electrons. The summed E-state index contributed by atoms with van der Waals surface area (Å²) in [5.41, 5.74) is 9.89. The number of nitrogens with zero attached hydrogens (tertiary/aromatic N) is 3. The van der Waals surface area contributed by atoms with Crippen molar-refractivity contribution in [2.24, 2.45) is 12.8 Å².